The number of nitrogens with zero attached hydrogens (tertiary/aromatic N) is 1. The van der Waals surface area contributed by atoms with Crippen molar-refractivity contribution in [1.82, 2.24) is 9.97 Å². The smallest absolute Gasteiger partial charge is 0.197 e. The van der Waals surface area contributed by atoms with Gasteiger partial charge in [-0.05, 0) is 18.2 Å². The molecule has 3 N–H and O–H groups in total. The molecule has 15 heavy (non-hydrogen) atoms. The Kier molecular flexibility index (Phi) is 2.29. The summed E-state index contributed by atoms with van der Waals surface area (Å²) in [5, 5.41) is 0. The summed E-state index contributed by atoms with van der Waals surface area (Å²) in [5.74, 6) is 0.128. The summed E-state index contributed by atoms with van der Waals surface area (Å²) in [6.45, 7) is 0. The molecule has 0 fully saturated rings. The van der Waals surface area contributed by atoms with E-state index in [0.717, 1.165) is 11.3 Å². The van der Waals surface area contributed by atoms with Crippen LogP contribution in [0, 0.1) is 5.82 Å². The summed E-state index contributed by atoms with van der Waals surface area (Å²) in [6.07, 6.45) is 1.59. The predicted molar refractivity (Wildman–Crippen MR) is 54.9 cm³/mol. The fraction of sp³-hybridized carbons (Fsp3) is 0.100. The van der Waals surface area contributed by atoms with Crippen molar-refractivity contribution in [3.8, 4) is 17.0 Å². The first-order valence-electron chi connectivity index (χ1n) is 4.35. The van der Waals surface area contributed by atoms with E-state index < -0.39 is 5.82 Å². The highest BCUT2D eigenvalue weighted by Gasteiger charge is 2.06. The Hall–Kier alpha value is -2.04. The van der Waals surface area contributed by atoms with E-state index in [1.807, 2.05) is 0 Å². The molecule has 4 nitrogen and oxygen atoms in total. The number of aromatic nitrogens is 2. The van der Waals surface area contributed by atoms with E-state index in [-0.39, 0.29) is 5.75 Å². The van der Waals surface area contributed by atoms with Crippen LogP contribution >= 0.6 is 0 Å². The highest BCUT2D eigenvalue weighted by Crippen LogP contribution is 2.25. The molecule has 0 spiro atoms. The number of ether oxygens (including phenoxy) is 1. The topological polar surface area (TPSA) is 63.9 Å². The monoisotopic (exact) mass is 207 g/mol. The average molecular weight is 207 g/mol. The summed E-state index contributed by atoms with van der Waals surface area (Å²) in [4.78, 5) is 6.71. The molecule has 0 aliphatic heterocycles. The number of methoxy groups -OCH3 is 1. The molecule has 0 aliphatic rings. The summed E-state index contributed by atoms with van der Waals surface area (Å²) >= 11 is 0. The van der Waals surface area contributed by atoms with Crippen molar-refractivity contribution in [1.29, 1.82) is 0 Å². The highest BCUT2D eigenvalue weighted by molar-refractivity contribution is 5.62. The zero-order chi connectivity index (χ0) is 10.8. The van der Waals surface area contributed by atoms with Crippen molar-refractivity contribution in [3.05, 3.63) is 30.2 Å². The Bertz CT molecular complexity index is 481. The molecule has 0 amide bonds. The molecule has 1 aromatic heterocycles. The number of nitrogens with one attached hydrogen (secondary N) is 1. The third-order valence-corrected chi connectivity index (χ3v) is 2.06. The summed E-state index contributed by atoms with van der Waals surface area (Å²) < 4.78 is 18.0. The first-order valence-corrected chi connectivity index (χ1v) is 4.35. The molecule has 0 unspecified atom stereocenters. The Balaban J connectivity index is 2.45. The number of anilines is 1. The fourth-order valence-corrected chi connectivity index (χ4v) is 1.31. The van der Waals surface area contributed by atoms with Gasteiger partial charge in [0.25, 0.3) is 0 Å². The van der Waals surface area contributed by atoms with Crippen LogP contribution in [0.2, 0.25) is 0 Å². The minimum atomic E-state index is -0.395. The van der Waals surface area contributed by atoms with Gasteiger partial charge in [-0.15, -0.1) is 0 Å². The van der Waals surface area contributed by atoms with Crippen molar-refractivity contribution in [2.45, 2.75) is 0 Å². The van der Waals surface area contributed by atoms with Crippen LogP contribution in [0.4, 0.5) is 10.3 Å². The Labute approximate surface area is 85.9 Å². The van der Waals surface area contributed by atoms with Gasteiger partial charge in [-0.2, -0.15) is 0 Å². The van der Waals surface area contributed by atoms with E-state index in [0.29, 0.717) is 5.95 Å². The highest BCUT2D eigenvalue weighted by atomic mass is 19.1. The third-order valence-electron chi connectivity index (χ3n) is 2.06. The SMILES string of the molecule is COc1cc(-c2cnc(N)[nH]2)ccc1F. The number of nitrogen functional groups attached to an aromatic ring is 1. The predicted octanol–water partition coefficient (Wildman–Crippen LogP) is 1.81. The third kappa shape index (κ3) is 1.76. The zero-order valence-corrected chi connectivity index (χ0v) is 8.12. The first-order chi connectivity index (χ1) is 7.20. The number of imidazole rings is 1. The standard InChI is InChI=1S/C10H10FN3O/c1-15-9-4-6(2-3-7(9)11)8-5-13-10(12)14-8/h2-5H,1H3,(H3,12,13,14). The number of nitrogens with two attached hydrogens (primary N) is 1. The van der Waals surface area contributed by atoms with Gasteiger partial charge in [0, 0.05) is 5.56 Å². The Morgan fingerprint density at radius 1 is 1.47 bits per heavy atom. The molecule has 2 rings (SSSR count). The molecule has 1 heterocycles. The molecule has 2 aromatic rings. The van der Waals surface area contributed by atoms with Crippen LogP contribution in [0.3, 0.4) is 0 Å². The molecular weight excluding hydrogens is 197 g/mol. The van der Waals surface area contributed by atoms with Crippen molar-refractivity contribution in [2.24, 2.45) is 0 Å². The maximum atomic E-state index is 13.1. The Morgan fingerprint density at radius 2 is 2.27 bits per heavy atom. The van der Waals surface area contributed by atoms with E-state index in [1.165, 1.54) is 13.2 Å². The van der Waals surface area contributed by atoms with Gasteiger partial charge in [0.15, 0.2) is 17.5 Å². The van der Waals surface area contributed by atoms with Gasteiger partial charge in [-0.25, -0.2) is 9.37 Å². The minimum Gasteiger partial charge on any atom is -0.494 e. The lowest BCUT2D eigenvalue weighted by Gasteiger charge is -2.03. The van der Waals surface area contributed by atoms with Crippen LogP contribution in [-0.2, 0) is 0 Å². The number of hydrogen-bond donors (Lipinski definition) is 2. The molecule has 0 atom stereocenters. The number of benzene rings is 1. The number of hydrogen-bond acceptors (Lipinski definition) is 3. The number of rotatable bonds is 2. The van der Waals surface area contributed by atoms with Crippen molar-refractivity contribution >= 4 is 5.95 Å². The first kappa shape index (κ1) is 9.51. The summed E-state index contributed by atoms with van der Waals surface area (Å²) in [5.41, 5.74) is 6.95. The number of aromatic amines is 1. The largest absolute Gasteiger partial charge is 0.494 e. The van der Waals surface area contributed by atoms with E-state index in [1.54, 1.807) is 18.3 Å². The number of halogens is 1. The molecule has 0 radical (unpaired) electrons. The van der Waals surface area contributed by atoms with E-state index in [4.69, 9.17) is 10.5 Å². The van der Waals surface area contributed by atoms with E-state index in [2.05, 4.69) is 9.97 Å². The second-order valence-corrected chi connectivity index (χ2v) is 3.03. The molecule has 78 valence electrons. The van der Waals surface area contributed by atoms with Gasteiger partial charge in [0.1, 0.15) is 0 Å². The minimum absolute atomic E-state index is 0.195. The molecule has 0 aliphatic carbocycles. The van der Waals surface area contributed by atoms with Crippen molar-refractivity contribution in [3.63, 3.8) is 0 Å². The van der Waals surface area contributed by atoms with Crippen LogP contribution in [0.25, 0.3) is 11.3 Å². The second kappa shape index (κ2) is 3.61. The maximum absolute atomic E-state index is 13.1. The van der Waals surface area contributed by atoms with Crippen LogP contribution in [0.5, 0.6) is 5.75 Å². The quantitative estimate of drug-likeness (QED) is 0.789. The molecule has 1 aromatic carbocycles. The van der Waals surface area contributed by atoms with Gasteiger partial charge in [-0.3, -0.25) is 0 Å². The fourth-order valence-electron chi connectivity index (χ4n) is 1.31. The van der Waals surface area contributed by atoms with Crippen LogP contribution < -0.4 is 10.5 Å². The van der Waals surface area contributed by atoms with Crippen LogP contribution in [-0.4, -0.2) is 17.1 Å². The Morgan fingerprint density at radius 3 is 2.87 bits per heavy atom. The zero-order valence-electron chi connectivity index (χ0n) is 8.12. The molecular formula is C10H10FN3O. The molecule has 0 bridgehead atoms. The summed E-state index contributed by atoms with van der Waals surface area (Å²) in [6, 6.07) is 4.55. The maximum Gasteiger partial charge on any atom is 0.197 e. The lowest BCUT2D eigenvalue weighted by Crippen LogP contribution is -1.89. The van der Waals surface area contributed by atoms with Crippen LogP contribution in [0.15, 0.2) is 24.4 Å². The lowest BCUT2D eigenvalue weighted by atomic mass is 10.1. The lowest BCUT2D eigenvalue weighted by molar-refractivity contribution is 0.387. The van der Waals surface area contributed by atoms with Gasteiger partial charge < -0.3 is 15.5 Å². The van der Waals surface area contributed by atoms with Crippen molar-refractivity contribution in [2.75, 3.05) is 12.8 Å². The van der Waals surface area contributed by atoms with E-state index in [9.17, 15) is 4.39 Å². The molecule has 0 saturated heterocycles. The van der Waals surface area contributed by atoms with E-state index >= 15 is 0 Å². The van der Waals surface area contributed by atoms with Crippen molar-refractivity contribution < 1.29 is 9.13 Å². The number of H-pyrrole nitrogens is 1. The van der Waals surface area contributed by atoms with Gasteiger partial charge >= 0.3 is 0 Å². The van der Waals surface area contributed by atoms with Crippen LogP contribution in [0.1, 0.15) is 0 Å². The summed E-state index contributed by atoms with van der Waals surface area (Å²) in [7, 11) is 1.42. The van der Waals surface area contributed by atoms with Gasteiger partial charge in [0.05, 0.1) is 19.0 Å². The second-order valence-electron chi connectivity index (χ2n) is 3.03. The molecule has 5 heteroatoms. The molecule has 0 saturated carbocycles. The van der Waals surface area contributed by atoms with Gasteiger partial charge in [0.2, 0.25) is 0 Å². The van der Waals surface area contributed by atoms with Gasteiger partial charge in [-0.1, -0.05) is 0 Å². The normalized spacial score (nSPS) is 10.3. The average Bonchev–Trinajstić information content (AvgIpc) is 2.66.